The molecule has 0 aliphatic carbocycles. The van der Waals surface area contributed by atoms with Crippen molar-refractivity contribution in [3.05, 3.63) is 66.0 Å². The molecule has 1 aromatic heterocycles. The molecule has 2 aromatic rings. The highest BCUT2D eigenvalue weighted by molar-refractivity contribution is 5.81. The van der Waals surface area contributed by atoms with Gasteiger partial charge in [-0.25, -0.2) is 0 Å². The molecule has 0 saturated heterocycles. The van der Waals surface area contributed by atoms with Crippen LogP contribution in [0.5, 0.6) is 0 Å². The summed E-state index contributed by atoms with van der Waals surface area (Å²) in [4.78, 5) is 18.0. The molecule has 0 aliphatic heterocycles. The number of carbonyl (C=O) groups is 1. The average Bonchev–Trinajstić information content (AvgIpc) is 2.53. The van der Waals surface area contributed by atoms with Crippen LogP contribution in [0.25, 0.3) is 0 Å². The Balaban J connectivity index is 1.84. The molecule has 1 aromatic carbocycles. The van der Waals surface area contributed by atoms with Crippen molar-refractivity contribution in [3.8, 4) is 0 Å². The maximum absolute atomic E-state index is 12.2. The molecule has 21 heavy (non-hydrogen) atoms. The first kappa shape index (κ1) is 15.2. The molecule has 1 atom stereocenters. The molecular formula is C17H21N3O. The molecule has 0 spiro atoms. The fourth-order valence-corrected chi connectivity index (χ4v) is 2.22. The van der Waals surface area contributed by atoms with Crippen LogP contribution in [0.1, 0.15) is 17.5 Å². The number of aromatic nitrogens is 1. The highest BCUT2D eigenvalue weighted by Crippen LogP contribution is 2.07. The van der Waals surface area contributed by atoms with Gasteiger partial charge in [-0.05, 0) is 30.0 Å². The van der Waals surface area contributed by atoms with Gasteiger partial charge in [0.2, 0.25) is 5.91 Å². The molecule has 0 bridgehead atoms. The van der Waals surface area contributed by atoms with Gasteiger partial charge in [-0.3, -0.25) is 9.78 Å². The second-order valence-electron chi connectivity index (χ2n) is 5.19. The highest BCUT2D eigenvalue weighted by Gasteiger charge is 2.18. The third-order valence-electron chi connectivity index (χ3n) is 3.42. The van der Waals surface area contributed by atoms with Crippen molar-refractivity contribution in [2.24, 2.45) is 5.73 Å². The van der Waals surface area contributed by atoms with Crippen LogP contribution in [0.15, 0.2) is 54.9 Å². The van der Waals surface area contributed by atoms with Gasteiger partial charge in [0.05, 0.1) is 6.04 Å². The Labute approximate surface area is 125 Å². The van der Waals surface area contributed by atoms with Crippen LogP contribution >= 0.6 is 0 Å². The topological polar surface area (TPSA) is 59.2 Å². The first-order chi connectivity index (χ1) is 10.2. The third kappa shape index (κ3) is 4.68. The van der Waals surface area contributed by atoms with Gasteiger partial charge < -0.3 is 10.6 Å². The fourth-order valence-electron chi connectivity index (χ4n) is 2.22. The van der Waals surface area contributed by atoms with Gasteiger partial charge in [0.1, 0.15) is 0 Å². The van der Waals surface area contributed by atoms with Crippen molar-refractivity contribution in [2.45, 2.75) is 25.4 Å². The molecule has 0 saturated carbocycles. The zero-order valence-electron chi connectivity index (χ0n) is 12.3. The van der Waals surface area contributed by atoms with Crippen molar-refractivity contribution in [2.75, 3.05) is 7.05 Å². The number of rotatable bonds is 6. The summed E-state index contributed by atoms with van der Waals surface area (Å²) in [6.07, 6.45) is 4.95. The molecule has 0 fully saturated rings. The molecule has 0 radical (unpaired) electrons. The van der Waals surface area contributed by atoms with Crippen LogP contribution in [0.4, 0.5) is 0 Å². The van der Waals surface area contributed by atoms with Gasteiger partial charge in [-0.1, -0.05) is 36.4 Å². The summed E-state index contributed by atoms with van der Waals surface area (Å²) in [5, 5.41) is 0. The Bertz CT molecular complexity index is 557. The van der Waals surface area contributed by atoms with Crippen molar-refractivity contribution in [3.63, 3.8) is 0 Å². The predicted octanol–water partition coefficient (Wildman–Crippen LogP) is 2.00. The smallest absolute Gasteiger partial charge is 0.239 e. The zero-order chi connectivity index (χ0) is 15.1. The monoisotopic (exact) mass is 283 g/mol. The maximum Gasteiger partial charge on any atom is 0.239 e. The van der Waals surface area contributed by atoms with E-state index in [9.17, 15) is 4.79 Å². The number of amides is 1. The molecule has 4 nitrogen and oxygen atoms in total. The Morgan fingerprint density at radius 3 is 2.57 bits per heavy atom. The van der Waals surface area contributed by atoms with E-state index in [1.807, 2.05) is 30.3 Å². The van der Waals surface area contributed by atoms with Crippen LogP contribution < -0.4 is 5.73 Å². The first-order valence-electron chi connectivity index (χ1n) is 7.10. The lowest BCUT2D eigenvalue weighted by Crippen LogP contribution is -2.41. The summed E-state index contributed by atoms with van der Waals surface area (Å²) in [5.41, 5.74) is 8.22. The highest BCUT2D eigenvalue weighted by atomic mass is 16.2. The Morgan fingerprint density at radius 1 is 1.19 bits per heavy atom. The molecule has 110 valence electrons. The molecule has 4 heteroatoms. The number of hydrogen-bond donors (Lipinski definition) is 1. The minimum absolute atomic E-state index is 0.0326. The molecular weight excluding hydrogens is 262 g/mol. The summed E-state index contributed by atoms with van der Waals surface area (Å²) >= 11 is 0. The summed E-state index contributed by atoms with van der Waals surface area (Å²) in [6, 6.07) is 13.4. The predicted molar refractivity (Wildman–Crippen MR) is 83.4 cm³/mol. The largest absolute Gasteiger partial charge is 0.340 e. The minimum atomic E-state index is -0.466. The van der Waals surface area contributed by atoms with Gasteiger partial charge in [0, 0.05) is 26.0 Å². The maximum atomic E-state index is 12.2. The van der Waals surface area contributed by atoms with Gasteiger partial charge in [-0.15, -0.1) is 0 Å². The second-order valence-corrected chi connectivity index (χ2v) is 5.19. The van der Waals surface area contributed by atoms with E-state index in [4.69, 9.17) is 5.73 Å². The lowest BCUT2D eigenvalue weighted by atomic mass is 10.0. The van der Waals surface area contributed by atoms with Gasteiger partial charge in [-0.2, -0.15) is 0 Å². The number of benzene rings is 1. The average molecular weight is 283 g/mol. The fraction of sp³-hybridized carbons (Fsp3) is 0.294. The van der Waals surface area contributed by atoms with Crippen LogP contribution in [0.3, 0.4) is 0 Å². The number of hydrogen-bond acceptors (Lipinski definition) is 3. The number of nitrogens with two attached hydrogens (primary N) is 1. The number of aryl methyl sites for hydroxylation is 1. The molecule has 0 aliphatic rings. The lowest BCUT2D eigenvalue weighted by Gasteiger charge is -2.21. The molecule has 2 rings (SSSR count). The third-order valence-corrected chi connectivity index (χ3v) is 3.42. The normalized spacial score (nSPS) is 11.9. The van der Waals surface area contributed by atoms with Gasteiger partial charge in [0.15, 0.2) is 0 Å². The number of pyridine rings is 1. The van der Waals surface area contributed by atoms with Crippen molar-refractivity contribution in [1.82, 2.24) is 9.88 Å². The van der Waals surface area contributed by atoms with Crippen LogP contribution in [0, 0.1) is 0 Å². The summed E-state index contributed by atoms with van der Waals surface area (Å²) < 4.78 is 0. The summed E-state index contributed by atoms with van der Waals surface area (Å²) in [7, 11) is 1.78. The Morgan fingerprint density at radius 2 is 1.90 bits per heavy atom. The van der Waals surface area contributed by atoms with E-state index in [0.717, 1.165) is 12.0 Å². The summed E-state index contributed by atoms with van der Waals surface area (Å²) in [5.74, 6) is -0.0326. The van der Waals surface area contributed by atoms with E-state index in [1.165, 1.54) is 5.56 Å². The summed E-state index contributed by atoms with van der Waals surface area (Å²) in [6.45, 7) is 0.533. The van der Waals surface area contributed by atoms with Crippen LogP contribution in [-0.4, -0.2) is 28.9 Å². The Hall–Kier alpha value is -2.20. The lowest BCUT2D eigenvalue weighted by molar-refractivity contribution is -0.131. The van der Waals surface area contributed by atoms with Crippen LogP contribution in [0.2, 0.25) is 0 Å². The van der Waals surface area contributed by atoms with E-state index < -0.39 is 6.04 Å². The van der Waals surface area contributed by atoms with E-state index in [-0.39, 0.29) is 5.91 Å². The van der Waals surface area contributed by atoms with E-state index >= 15 is 0 Å². The number of nitrogens with zero attached hydrogens (tertiary/aromatic N) is 2. The minimum Gasteiger partial charge on any atom is -0.340 e. The quantitative estimate of drug-likeness (QED) is 0.882. The van der Waals surface area contributed by atoms with E-state index in [1.54, 1.807) is 24.3 Å². The SMILES string of the molecule is CN(Cc1cccnc1)C(=O)[C@@H](N)CCc1ccccc1. The first-order valence-corrected chi connectivity index (χ1v) is 7.10. The molecule has 0 unspecified atom stereocenters. The van der Waals surface area contributed by atoms with Crippen molar-refractivity contribution in [1.29, 1.82) is 0 Å². The Kier molecular flexibility index (Phi) is 5.46. The van der Waals surface area contributed by atoms with E-state index in [2.05, 4.69) is 17.1 Å². The number of likely N-dealkylation sites (N-methyl/N-ethyl adjacent to an activating group) is 1. The van der Waals surface area contributed by atoms with Gasteiger partial charge >= 0.3 is 0 Å². The number of carbonyl (C=O) groups excluding carboxylic acids is 1. The van der Waals surface area contributed by atoms with Gasteiger partial charge in [0.25, 0.3) is 0 Å². The molecule has 1 amide bonds. The van der Waals surface area contributed by atoms with Crippen molar-refractivity contribution >= 4 is 5.91 Å². The molecule has 2 N–H and O–H groups in total. The second kappa shape index (κ2) is 7.55. The zero-order valence-corrected chi connectivity index (χ0v) is 12.3. The standard InChI is InChI=1S/C17H21N3O/c1-20(13-15-8-5-11-19-12-15)17(21)16(18)10-9-14-6-3-2-4-7-14/h2-8,11-12,16H,9-10,13,18H2,1H3/t16-/m0/s1. The molecule has 1 heterocycles. The van der Waals surface area contributed by atoms with Crippen LogP contribution in [-0.2, 0) is 17.8 Å². The van der Waals surface area contributed by atoms with E-state index in [0.29, 0.717) is 13.0 Å². The van der Waals surface area contributed by atoms with Crippen molar-refractivity contribution < 1.29 is 4.79 Å².